The predicted octanol–water partition coefficient (Wildman–Crippen LogP) is 0.862. The SMILES string of the molecule is Cn1ncc(C(N)=NO)c1NC(=O)OC(C)(C)C. The first-order valence-corrected chi connectivity index (χ1v) is 5.24. The van der Waals surface area contributed by atoms with Crippen LogP contribution >= 0.6 is 0 Å². The van der Waals surface area contributed by atoms with Gasteiger partial charge in [-0.1, -0.05) is 5.16 Å². The molecule has 8 heteroatoms. The number of aromatic nitrogens is 2. The van der Waals surface area contributed by atoms with Crippen molar-refractivity contribution in [1.82, 2.24) is 9.78 Å². The third-order valence-electron chi connectivity index (χ3n) is 1.94. The van der Waals surface area contributed by atoms with Crippen LogP contribution in [0.3, 0.4) is 0 Å². The van der Waals surface area contributed by atoms with E-state index < -0.39 is 11.7 Å². The molecule has 1 rings (SSSR count). The molecule has 18 heavy (non-hydrogen) atoms. The Balaban J connectivity index is 2.91. The molecule has 0 bridgehead atoms. The molecule has 0 aliphatic heterocycles. The largest absolute Gasteiger partial charge is 0.444 e. The second-order valence-corrected chi connectivity index (χ2v) is 4.64. The van der Waals surface area contributed by atoms with Gasteiger partial charge in [0.05, 0.1) is 11.8 Å². The van der Waals surface area contributed by atoms with Gasteiger partial charge < -0.3 is 15.7 Å². The van der Waals surface area contributed by atoms with Crippen LogP contribution in [0, 0.1) is 0 Å². The minimum absolute atomic E-state index is 0.144. The van der Waals surface area contributed by atoms with E-state index in [0.717, 1.165) is 0 Å². The van der Waals surface area contributed by atoms with Crippen molar-refractivity contribution in [1.29, 1.82) is 0 Å². The molecule has 0 fully saturated rings. The zero-order chi connectivity index (χ0) is 13.9. The number of oxime groups is 1. The first kappa shape index (κ1) is 13.8. The molecule has 0 unspecified atom stereocenters. The van der Waals surface area contributed by atoms with Crippen LogP contribution in [-0.2, 0) is 11.8 Å². The second kappa shape index (κ2) is 4.94. The van der Waals surface area contributed by atoms with Crippen molar-refractivity contribution in [2.45, 2.75) is 26.4 Å². The number of carbonyl (C=O) groups is 1. The van der Waals surface area contributed by atoms with Gasteiger partial charge in [0.2, 0.25) is 0 Å². The summed E-state index contributed by atoms with van der Waals surface area (Å²) in [6.07, 6.45) is 0.736. The maximum absolute atomic E-state index is 11.6. The van der Waals surface area contributed by atoms with Crippen molar-refractivity contribution >= 4 is 17.7 Å². The van der Waals surface area contributed by atoms with E-state index in [2.05, 4.69) is 15.6 Å². The van der Waals surface area contributed by atoms with E-state index in [9.17, 15) is 4.79 Å². The summed E-state index contributed by atoms with van der Waals surface area (Å²) in [5, 5.41) is 17.9. The van der Waals surface area contributed by atoms with Gasteiger partial charge in [-0.2, -0.15) is 5.10 Å². The summed E-state index contributed by atoms with van der Waals surface area (Å²) in [6, 6.07) is 0. The number of amides is 1. The van der Waals surface area contributed by atoms with Crippen LogP contribution in [0.15, 0.2) is 11.4 Å². The molecule has 0 spiro atoms. The van der Waals surface area contributed by atoms with Gasteiger partial charge in [0, 0.05) is 7.05 Å². The molecule has 0 aromatic carbocycles. The van der Waals surface area contributed by atoms with Crippen LogP contribution in [0.2, 0.25) is 0 Å². The Kier molecular flexibility index (Phi) is 3.79. The average Bonchev–Trinajstić information content (AvgIpc) is 2.57. The molecule has 0 aliphatic carbocycles. The van der Waals surface area contributed by atoms with Gasteiger partial charge >= 0.3 is 6.09 Å². The Labute approximate surface area is 104 Å². The molecular weight excluding hydrogens is 238 g/mol. The molecular formula is C10H17N5O3. The summed E-state index contributed by atoms with van der Waals surface area (Å²) in [5.74, 6) is 0.147. The van der Waals surface area contributed by atoms with E-state index in [1.807, 2.05) is 0 Å². The quantitative estimate of drug-likeness (QED) is 0.314. The van der Waals surface area contributed by atoms with E-state index in [0.29, 0.717) is 11.4 Å². The highest BCUT2D eigenvalue weighted by Gasteiger charge is 2.20. The fraction of sp³-hybridized carbons (Fsp3) is 0.500. The highest BCUT2D eigenvalue weighted by molar-refractivity contribution is 6.03. The molecule has 0 radical (unpaired) electrons. The number of hydrogen-bond acceptors (Lipinski definition) is 5. The summed E-state index contributed by atoms with van der Waals surface area (Å²) in [6.45, 7) is 5.25. The number of nitrogens with zero attached hydrogens (tertiary/aromatic N) is 3. The van der Waals surface area contributed by atoms with E-state index in [1.165, 1.54) is 10.9 Å². The number of nitrogens with one attached hydrogen (secondary N) is 1. The van der Waals surface area contributed by atoms with E-state index in [-0.39, 0.29) is 5.84 Å². The van der Waals surface area contributed by atoms with Gasteiger partial charge in [0.15, 0.2) is 5.84 Å². The second-order valence-electron chi connectivity index (χ2n) is 4.64. The molecule has 1 amide bonds. The number of rotatable bonds is 2. The number of carbonyl (C=O) groups excluding carboxylic acids is 1. The van der Waals surface area contributed by atoms with Crippen molar-refractivity contribution in [2.24, 2.45) is 17.9 Å². The van der Waals surface area contributed by atoms with Crippen molar-refractivity contribution in [2.75, 3.05) is 5.32 Å². The van der Waals surface area contributed by atoms with Crippen molar-refractivity contribution in [3.63, 3.8) is 0 Å². The van der Waals surface area contributed by atoms with Gasteiger partial charge in [-0.05, 0) is 20.8 Å². The van der Waals surface area contributed by atoms with Gasteiger partial charge in [-0.3, -0.25) is 10.00 Å². The first-order chi connectivity index (χ1) is 8.24. The van der Waals surface area contributed by atoms with Crippen molar-refractivity contribution < 1.29 is 14.7 Å². The summed E-state index contributed by atoms with van der Waals surface area (Å²) in [4.78, 5) is 11.6. The number of nitrogens with two attached hydrogens (primary N) is 1. The standard InChI is InChI=1S/C10H17N5O3/c1-10(2,3)18-9(16)13-8-6(7(11)14-17)5-12-15(8)4/h5,17H,1-4H3,(H2,11,14)(H,13,16). The zero-order valence-electron chi connectivity index (χ0n) is 10.8. The maximum atomic E-state index is 11.6. The molecule has 4 N–H and O–H groups in total. The molecule has 100 valence electrons. The number of aryl methyl sites for hydroxylation is 1. The van der Waals surface area contributed by atoms with Crippen LogP contribution in [0.1, 0.15) is 26.3 Å². The average molecular weight is 255 g/mol. The molecule has 8 nitrogen and oxygen atoms in total. The van der Waals surface area contributed by atoms with Gasteiger partial charge in [-0.15, -0.1) is 0 Å². The zero-order valence-corrected chi connectivity index (χ0v) is 10.8. The molecule has 0 atom stereocenters. The van der Waals surface area contributed by atoms with Gasteiger partial charge in [0.1, 0.15) is 11.4 Å². The Bertz CT molecular complexity index is 472. The Morgan fingerprint density at radius 2 is 2.22 bits per heavy atom. The van der Waals surface area contributed by atoms with Crippen LogP contribution in [0.4, 0.5) is 10.6 Å². The van der Waals surface area contributed by atoms with E-state index in [1.54, 1.807) is 27.8 Å². The Hall–Kier alpha value is -2.25. The summed E-state index contributed by atoms with van der Waals surface area (Å²) < 4.78 is 6.49. The smallest absolute Gasteiger partial charge is 0.413 e. The Morgan fingerprint density at radius 1 is 1.61 bits per heavy atom. The molecule has 1 heterocycles. The van der Waals surface area contributed by atoms with Crippen molar-refractivity contribution in [3.05, 3.63) is 11.8 Å². The van der Waals surface area contributed by atoms with Gasteiger partial charge in [0.25, 0.3) is 0 Å². The minimum Gasteiger partial charge on any atom is -0.444 e. The predicted molar refractivity (Wildman–Crippen MR) is 65.6 cm³/mol. The lowest BCUT2D eigenvalue weighted by molar-refractivity contribution is 0.0634. The number of amidine groups is 1. The highest BCUT2D eigenvalue weighted by atomic mass is 16.6. The fourth-order valence-electron chi connectivity index (χ4n) is 1.23. The highest BCUT2D eigenvalue weighted by Crippen LogP contribution is 2.15. The summed E-state index contributed by atoms with van der Waals surface area (Å²) in [5.41, 5.74) is 5.17. The monoisotopic (exact) mass is 255 g/mol. The van der Waals surface area contributed by atoms with E-state index in [4.69, 9.17) is 15.7 Å². The Morgan fingerprint density at radius 3 is 2.72 bits per heavy atom. The molecule has 0 saturated heterocycles. The fourth-order valence-corrected chi connectivity index (χ4v) is 1.23. The number of hydrogen-bond donors (Lipinski definition) is 3. The maximum Gasteiger partial charge on any atom is 0.413 e. The lowest BCUT2D eigenvalue weighted by Gasteiger charge is -2.19. The summed E-state index contributed by atoms with van der Waals surface area (Å²) >= 11 is 0. The lowest BCUT2D eigenvalue weighted by atomic mass is 10.2. The van der Waals surface area contributed by atoms with Crippen LogP contribution in [-0.4, -0.2) is 32.5 Å². The lowest BCUT2D eigenvalue weighted by Crippen LogP contribution is -2.28. The topological polar surface area (TPSA) is 115 Å². The molecule has 0 saturated carbocycles. The number of ether oxygens (including phenoxy) is 1. The van der Waals surface area contributed by atoms with Crippen molar-refractivity contribution in [3.8, 4) is 0 Å². The van der Waals surface area contributed by atoms with Gasteiger partial charge in [-0.25, -0.2) is 4.79 Å². The summed E-state index contributed by atoms with van der Waals surface area (Å²) in [7, 11) is 1.61. The van der Waals surface area contributed by atoms with Crippen LogP contribution < -0.4 is 11.1 Å². The first-order valence-electron chi connectivity index (χ1n) is 5.24. The van der Waals surface area contributed by atoms with E-state index >= 15 is 0 Å². The third kappa shape index (κ3) is 3.37. The molecule has 0 aliphatic rings. The molecule has 1 aromatic rings. The number of anilines is 1. The van der Waals surface area contributed by atoms with Crippen LogP contribution in [0.5, 0.6) is 0 Å². The minimum atomic E-state index is -0.641. The molecule has 1 aromatic heterocycles. The van der Waals surface area contributed by atoms with Crippen LogP contribution in [0.25, 0.3) is 0 Å². The normalized spacial score (nSPS) is 12.3. The third-order valence-corrected chi connectivity index (χ3v) is 1.94.